The highest BCUT2D eigenvalue weighted by molar-refractivity contribution is 6.62. The quantitative estimate of drug-likeness (QED) is 0.473. The molecule has 0 aliphatic carbocycles. The number of phenolic OH excluding ortho intramolecular Hbond substituents is 1. The second kappa shape index (κ2) is 5.07. The van der Waals surface area contributed by atoms with Crippen molar-refractivity contribution in [2.24, 2.45) is 0 Å². The lowest BCUT2D eigenvalue weighted by Crippen LogP contribution is -2.28. The van der Waals surface area contributed by atoms with Gasteiger partial charge >= 0.3 is 13.1 Å². The second-order valence-corrected chi connectivity index (χ2v) is 4.38. The van der Waals surface area contributed by atoms with Gasteiger partial charge in [0.1, 0.15) is 11.9 Å². The molecule has 0 fully saturated rings. The molecule has 100 valence electrons. The number of ether oxygens (including phenoxy) is 1. The number of esters is 1. The molecular weight excluding hydrogens is 247 g/mol. The Balaban J connectivity index is 2.39. The highest BCUT2D eigenvalue weighted by atomic mass is 16.5. The summed E-state index contributed by atoms with van der Waals surface area (Å²) in [4.78, 5) is 11.7. The van der Waals surface area contributed by atoms with Crippen LogP contribution in [0.5, 0.6) is 5.75 Å². The minimum absolute atomic E-state index is 0.0429. The van der Waals surface area contributed by atoms with Crippen molar-refractivity contribution in [3.63, 3.8) is 0 Å². The highest BCUT2D eigenvalue weighted by Gasteiger charge is 2.40. The molecule has 1 heterocycles. The second-order valence-electron chi connectivity index (χ2n) is 4.38. The average Bonchev–Trinajstić information content (AvgIpc) is 2.66. The van der Waals surface area contributed by atoms with E-state index in [0.717, 1.165) is 5.56 Å². The number of carbonyl (C=O) groups is 1. The third-order valence-electron chi connectivity index (χ3n) is 3.05. The van der Waals surface area contributed by atoms with E-state index in [0.29, 0.717) is 11.0 Å². The van der Waals surface area contributed by atoms with Gasteiger partial charge in [-0.3, -0.25) is 0 Å². The number of aromatic hydroxyl groups is 1. The number of carbonyl (C=O) groups excluding carboxylic acids is 1. The zero-order valence-electron chi connectivity index (χ0n) is 10.8. The molecule has 1 aromatic carbocycles. The first-order valence-electron chi connectivity index (χ1n) is 5.98. The lowest BCUT2D eigenvalue weighted by molar-refractivity contribution is -0.139. The molecule has 19 heavy (non-hydrogen) atoms. The zero-order valence-corrected chi connectivity index (χ0v) is 10.8. The number of hydrogen-bond donors (Lipinski definition) is 2. The van der Waals surface area contributed by atoms with E-state index in [1.54, 1.807) is 19.9 Å². The van der Waals surface area contributed by atoms with Crippen molar-refractivity contribution < 1.29 is 24.3 Å². The molecule has 6 heteroatoms. The number of aryl methyl sites for hydroxylation is 1. The Morgan fingerprint density at radius 3 is 2.89 bits per heavy atom. The zero-order chi connectivity index (χ0) is 14.2. The summed E-state index contributed by atoms with van der Waals surface area (Å²) in [6, 6.07) is 2.97. The first-order chi connectivity index (χ1) is 8.95. The largest absolute Gasteiger partial charge is 0.508 e. The molecule has 2 rings (SSSR count). The Labute approximate surface area is 111 Å². The summed E-state index contributed by atoms with van der Waals surface area (Å²) in [5.74, 6) is -0.513. The van der Waals surface area contributed by atoms with Gasteiger partial charge in [-0.15, -0.1) is 0 Å². The van der Waals surface area contributed by atoms with Crippen molar-refractivity contribution in [3.05, 3.63) is 35.4 Å². The fraction of sp³-hybridized carbons (Fsp3) is 0.308. The van der Waals surface area contributed by atoms with Gasteiger partial charge in [0.2, 0.25) is 0 Å². The van der Waals surface area contributed by atoms with Crippen molar-refractivity contribution in [3.8, 4) is 5.75 Å². The Hall–Kier alpha value is -1.79. The van der Waals surface area contributed by atoms with Gasteiger partial charge in [0.15, 0.2) is 0 Å². The average molecular weight is 262 g/mol. The van der Waals surface area contributed by atoms with Crippen molar-refractivity contribution in [2.75, 3.05) is 6.61 Å². The lowest BCUT2D eigenvalue weighted by Gasteiger charge is -2.16. The van der Waals surface area contributed by atoms with Crippen molar-refractivity contribution in [2.45, 2.75) is 20.0 Å². The lowest BCUT2D eigenvalue weighted by atomic mass is 9.77. The number of phenols is 1. The third kappa shape index (κ3) is 2.37. The maximum Gasteiger partial charge on any atom is 0.492 e. The van der Waals surface area contributed by atoms with Gasteiger partial charge in [-0.1, -0.05) is 6.58 Å². The van der Waals surface area contributed by atoms with Gasteiger partial charge in [0.25, 0.3) is 0 Å². The fourth-order valence-electron chi connectivity index (χ4n) is 2.23. The molecule has 0 saturated heterocycles. The molecule has 2 N–H and O–H groups in total. The summed E-state index contributed by atoms with van der Waals surface area (Å²) in [5.41, 5.74) is 1.96. The molecule has 0 spiro atoms. The summed E-state index contributed by atoms with van der Waals surface area (Å²) in [6.07, 6.45) is -0.746. The molecule has 0 aromatic heterocycles. The van der Waals surface area contributed by atoms with E-state index in [2.05, 4.69) is 6.58 Å². The minimum atomic E-state index is -1.18. The van der Waals surface area contributed by atoms with Gasteiger partial charge in [0.05, 0.1) is 12.2 Å². The first kappa shape index (κ1) is 13.6. The van der Waals surface area contributed by atoms with Crippen LogP contribution in [0.25, 0.3) is 0 Å². The normalized spacial score (nSPS) is 17.2. The molecule has 1 aromatic rings. The molecule has 5 nitrogen and oxygen atoms in total. The molecule has 0 radical (unpaired) electrons. The Morgan fingerprint density at radius 2 is 2.26 bits per heavy atom. The van der Waals surface area contributed by atoms with Crippen molar-refractivity contribution >= 4 is 18.6 Å². The molecule has 0 amide bonds. The van der Waals surface area contributed by atoms with Crippen LogP contribution in [0.2, 0.25) is 0 Å². The standard InChI is InChI=1S/C13H15BO5/c1-4-18-13(16)8(3)12-11-7(2)5-9(15)6-10(11)14(17)19-12/h5-6,12,15,17H,3-4H2,1-2H3. The van der Waals surface area contributed by atoms with Gasteiger partial charge in [-0.05, 0) is 42.6 Å². The molecule has 0 bridgehead atoms. The predicted molar refractivity (Wildman–Crippen MR) is 70.0 cm³/mol. The topological polar surface area (TPSA) is 76.0 Å². The summed E-state index contributed by atoms with van der Waals surface area (Å²) in [6.45, 7) is 7.39. The fourth-order valence-corrected chi connectivity index (χ4v) is 2.23. The van der Waals surface area contributed by atoms with Crippen LogP contribution < -0.4 is 5.46 Å². The summed E-state index contributed by atoms with van der Waals surface area (Å²) in [7, 11) is -1.18. The predicted octanol–water partition coefficient (Wildman–Crippen LogP) is 0.579. The third-order valence-corrected chi connectivity index (χ3v) is 3.05. The Kier molecular flexibility index (Phi) is 3.64. The molecule has 1 aliphatic heterocycles. The van der Waals surface area contributed by atoms with Gasteiger partial charge < -0.3 is 19.5 Å². The number of benzene rings is 1. The van der Waals surface area contributed by atoms with Crippen LogP contribution in [-0.2, 0) is 14.2 Å². The van der Waals surface area contributed by atoms with Crippen molar-refractivity contribution in [1.82, 2.24) is 0 Å². The van der Waals surface area contributed by atoms with Crippen LogP contribution in [0.1, 0.15) is 24.2 Å². The van der Waals surface area contributed by atoms with E-state index in [1.807, 2.05) is 0 Å². The van der Waals surface area contributed by atoms with E-state index in [-0.39, 0.29) is 17.9 Å². The van der Waals surface area contributed by atoms with E-state index in [4.69, 9.17) is 9.39 Å². The van der Waals surface area contributed by atoms with Gasteiger partial charge in [-0.25, -0.2) is 4.79 Å². The van der Waals surface area contributed by atoms with Crippen molar-refractivity contribution in [1.29, 1.82) is 0 Å². The van der Waals surface area contributed by atoms with Crippen LogP contribution in [-0.4, -0.2) is 29.8 Å². The summed E-state index contributed by atoms with van der Waals surface area (Å²) < 4.78 is 10.2. The maximum atomic E-state index is 11.7. The van der Waals surface area contributed by atoms with E-state index < -0.39 is 19.2 Å². The molecule has 0 saturated carbocycles. The molecule has 1 unspecified atom stereocenters. The van der Waals surface area contributed by atoms with Crippen LogP contribution in [0, 0.1) is 6.92 Å². The van der Waals surface area contributed by atoms with E-state index in [9.17, 15) is 14.9 Å². The molecule has 1 aliphatic rings. The number of fused-ring (bicyclic) bond motifs is 1. The Morgan fingerprint density at radius 1 is 1.58 bits per heavy atom. The first-order valence-corrected chi connectivity index (χ1v) is 5.98. The number of rotatable bonds is 3. The molecular formula is C13H15BO5. The van der Waals surface area contributed by atoms with Crippen LogP contribution in [0.3, 0.4) is 0 Å². The maximum absolute atomic E-state index is 11.7. The number of hydrogen-bond acceptors (Lipinski definition) is 5. The smallest absolute Gasteiger partial charge is 0.492 e. The van der Waals surface area contributed by atoms with Crippen LogP contribution >= 0.6 is 0 Å². The molecule has 1 atom stereocenters. The SMILES string of the molecule is C=C(C(=O)OCC)C1OB(O)c2cc(O)cc(C)c21. The van der Waals surface area contributed by atoms with Crippen LogP contribution in [0.15, 0.2) is 24.3 Å². The van der Waals surface area contributed by atoms with Gasteiger partial charge in [0, 0.05) is 0 Å². The van der Waals surface area contributed by atoms with E-state index >= 15 is 0 Å². The Bertz CT molecular complexity index is 540. The van der Waals surface area contributed by atoms with E-state index in [1.165, 1.54) is 6.07 Å². The van der Waals surface area contributed by atoms with Gasteiger partial charge in [-0.2, -0.15) is 0 Å². The summed E-state index contributed by atoms with van der Waals surface area (Å²) in [5, 5.41) is 19.4. The highest BCUT2D eigenvalue weighted by Crippen LogP contribution is 2.34. The monoisotopic (exact) mass is 262 g/mol. The van der Waals surface area contributed by atoms with Crippen LogP contribution in [0.4, 0.5) is 0 Å². The summed E-state index contributed by atoms with van der Waals surface area (Å²) >= 11 is 0. The minimum Gasteiger partial charge on any atom is -0.508 e.